The Labute approximate surface area is 320 Å². The predicted octanol–water partition coefficient (Wildman–Crippen LogP) is 9.07. The Balaban J connectivity index is 0.00000228. The van der Waals surface area contributed by atoms with Crippen LogP contribution in [0.2, 0.25) is 0 Å². The van der Waals surface area contributed by atoms with Crippen molar-refractivity contribution in [3.05, 3.63) is 37.4 Å². The molecular weight excluding hydrogens is 697 g/mol. The minimum Gasteiger partial charge on any atom is -0.748 e. The molecule has 0 aliphatic carbocycles. The summed E-state index contributed by atoms with van der Waals surface area (Å²) in [7, 11) is -7.83. The molecule has 0 radical (unpaired) electrons. The van der Waals surface area contributed by atoms with Crippen LogP contribution in [-0.2, 0) is 46.4 Å². The molecule has 0 unspecified atom stereocenters. The summed E-state index contributed by atoms with van der Waals surface area (Å²) in [6.45, 7) is 9.34. The highest BCUT2D eigenvalue weighted by atomic mass is 32.2. The molecule has 0 aromatic carbocycles. The molecule has 2 aromatic heterocycles. The first-order valence-corrected chi connectivity index (χ1v) is 24.4. The molecule has 0 N–H and O–H groups in total. The zero-order valence-corrected chi connectivity index (χ0v) is 35.4. The van der Waals surface area contributed by atoms with Crippen LogP contribution in [0.3, 0.4) is 0 Å². The van der Waals surface area contributed by atoms with Crippen molar-refractivity contribution in [3.63, 3.8) is 0 Å². The van der Waals surface area contributed by atoms with Crippen LogP contribution in [0.25, 0.3) is 0 Å². The van der Waals surface area contributed by atoms with E-state index in [0.717, 1.165) is 0 Å². The highest BCUT2D eigenvalue weighted by Crippen LogP contribution is 2.13. The molecule has 0 amide bonds. The second-order valence-electron chi connectivity index (χ2n) is 14.7. The molecule has 0 atom stereocenters. The van der Waals surface area contributed by atoms with Crippen molar-refractivity contribution in [2.24, 2.45) is 0 Å². The lowest BCUT2D eigenvalue weighted by molar-refractivity contribution is -0.697. The summed E-state index contributed by atoms with van der Waals surface area (Å²) in [5.74, 6) is 0. The van der Waals surface area contributed by atoms with E-state index in [1.165, 1.54) is 193 Å². The first-order valence-electron chi connectivity index (χ1n) is 20.7. The highest BCUT2D eigenvalue weighted by Gasteiger charge is 2.05. The number of hydrogen-bond donors (Lipinski definition) is 0. The number of imidazole rings is 2. The monoisotopic (exact) mass is 775 g/mol. The Bertz CT molecular complexity index is 1160. The van der Waals surface area contributed by atoms with Crippen molar-refractivity contribution in [2.45, 2.75) is 207 Å². The fourth-order valence-corrected chi connectivity index (χ4v) is 6.27. The summed E-state index contributed by atoms with van der Waals surface area (Å²) in [4.78, 5) is 0. The fraction of sp³-hybridized carbons (Fsp3) is 0.850. The van der Waals surface area contributed by atoms with Gasteiger partial charge in [-0.05, 0) is 51.4 Å². The van der Waals surface area contributed by atoms with Crippen LogP contribution in [0.5, 0.6) is 0 Å². The number of unbranched alkanes of at least 4 members (excludes halogenated alkanes) is 23. The number of hydrogen-bond acceptors (Lipinski definition) is 6. The van der Waals surface area contributed by atoms with Gasteiger partial charge in [-0.3, -0.25) is 0 Å². The number of aromatic nitrogens is 4. The van der Waals surface area contributed by atoms with Crippen LogP contribution in [-0.4, -0.2) is 47.6 Å². The van der Waals surface area contributed by atoms with E-state index >= 15 is 0 Å². The van der Waals surface area contributed by atoms with Gasteiger partial charge in [0.05, 0.1) is 46.4 Å². The Kier molecular flexibility index (Phi) is 32.6. The van der Waals surface area contributed by atoms with E-state index in [-0.39, 0.29) is 0 Å². The second kappa shape index (κ2) is 33.8. The van der Waals surface area contributed by atoms with Crippen LogP contribution in [0.15, 0.2) is 37.4 Å². The van der Waals surface area contributed by atoms with Crippen molar-refractivity contribution >= 4 is 20.2 Å². The summed E-state index contributed by atoms with van der Waals surface area (Å²) < 4.78 is 64.0. The SMILES string of the molecule is CCCCCCCCn1cc[n+](CCCCCCCCCCCCCCCC[n+]2ccn(CCCCCCCC)c2)c1.CS(=O)(=O)[O-].CS(=O)(=O)[O-]. The molecule has 0 saturated carbocycles. The molecule has 306 valence electrons. The highest BCUT2D eigenvalue weighted by molar-refractivity contribution is 7.85. The molecule has 2 heterocycles. The normalized spacial score (nSPS) is 11.6. The van der Waals surface area contributed by atoms with Gasteiger partial charge in [0, 0.05) is 12.5 Å². The third-order valence-corrected chi connectivity index (χ3v) is 9.11. The summed E-state index contributed by atoms with van der Waals surface area (Å²) in [5.41, 5.74) is 0. The van der Waals surface area contributed by atoms with Crippen molar-refractivity contribution in [1.29, 1.82) is 0 Å². The van der Waals surface area contributed by atoms with Crippen LogP contribution >= 0.6 is 0 Å². The third-order valence-electron chi connectivity index (χ3n) is 9.11. The molecule has 0 aliphatic heterocycles. The minimum atomic E-state index is -3.92. The topological polar surface area (TPSA) is 132 Å². The van der Waals surface area contributed by atoms with Gasteiger partial charge in [0.25, 0.3) is 0 Å². The van der Waals surface area contributed by atoms with Gasteiger partial charge in [-0.1, -0.05) is 129 Å². The lowest BCUT2D eigenvalue weighted by Gasteiger charge is -2.03. The Morgan fingerprint density at radius 3 is 0.923 bits per heavy atom. The fourth-order valence-electron chi connectivity index (χ4n) is 6.27. The molecule has 0 fully saturated rings. The van der Waals surface area contributed by atoms with Gasteiger partial charge in [-0.15, -0.1) is 0 Å². The summed E-state index contributed by atoms with van der Waals surface area (Å²) in [6, 6.07) is 0. The average Bonchev–Trinajstić information content (AvgIpc) is 3.72. The molecular formula is C40H78N4O6S2. The van der Waals surface area contributed by atoms with Gasteiger partial charge in [0.15, 0.2) is 0 Å². The van der Waals surface area contributed by atoms with E-state index in [9.17, 15) is 0 Å². The Morgan fingerprint density at radius 1 is 0.423 bits per heavy atom. The molecule has 0 spiro atoms. The maximum Gasteiger partial charge on any atom is 0.243 e. The van der Waals surface area contributed by atoms with E-state index in [0.29, 0.717) is 12.5 Å². The van der Waals surface area contributed by atoms with Gasteiger partial charge in [-0.25, -0.2) is 35.1 Å². The quantitative estimate of drug-likeness (QED) is 0.0427. The number of nitrogens with zero attached hydrogens (tertiary/aromatic N) is 4. The molecule has 52 heavy (non-hydrogen) atoms. The van der Waals surface area contributed by atoms with E-state index in [2.05, 4.69) is 69.6 Å². The summed E-state index contributed by atoms with van der Waals surface area (Å²) in [6.07, 6.45) is 51.3. The van der Waals surface area contributed by atoms with Gasteiger partial charge in [-0.2, -0.15) is 0 Å². The van der Waals surface area contributed by atoms with Crippen LogP contribution < -0.4 is 9.13 Å². The van der Waals surface area contributed by atoms with Crippen molar-refractivity contribution in [3.8, 4) is 0 Å². The number of rotatable bonds is 31. The minimum absolute atomic E-state index is 0.604. The predicted molar refractivity (Wildman–Crippen MR) is 212 cm³/mol. The molecule has 0 saturated heterocycles. The van der Waals surface area contributed by atoms with E-state index in [4.69, 9.17) is 25.9 Å². The maximum absolute atomic E-state index is 9.08. The summed E-state index contributed by atoms with van der Waals surface area (Å²) in [5, 5.41) is 0. The molecule has 0 aliphatic rings. The largest absolute Gasteiger partial charge is 0.748 e. The van der Waals surface area contributed by atoms with Gasteiger partial charge in [0.2, 0.25) is 12.7 Å². The van der Waals surface area contributed by atoms with Crippen molar-refractivity contribution in [1.82, 2.24) is 9.13 Å². The van der Waals surface area contributed by atoms with Crippen LogP contribution in [0.1, 0.15) is 181 Å². The van der Waals surface area contributed by atoms with E-state index < -0.39 is 20.2 Å². The van der Waals surface area contributed by atoms with Crippen LogP contribution in [0.4, 0.5) is 0 Å². The zero-order chi connectivity index (χ0) is 38.8. The molecule has 2 rings (SSSR count). The van der Waals surface area contributed by atoms with Crippen LogP contribution in [0, 0.1) is 0 Å². The van der Waals surface area contributed by atoms with Gasteiger partial charge in [0.1, 0.15) is 24.8 Å². The lowest BCUT2D eigenvalue weighted by Crippen LogP contribution is -2.30. The van der Waals surface area contributed by atoms with Crippen molar-refractivity contribution < 1.29 is 35.1 Å². The Morgan fingerprint density at radius 2 is 0.654 bits per heavy atom. The van der Waals surface area contributed by atoms with E-state index in [1.54, 1.807) is 0 Å². The molecule has 12 heteroatoms. The zero-order valence-electron chi connectivity index (χ0n) is 33.7. The van der Waals surface area contributed by atoms with Gasteiger partial charge >= 0.3 is 0 Å². The van der Waals surface area contributed by atoms with Crippen molar-refractivity contribution in [2.75, 3.05) is 12.5 Å². The average molecular weight is 775 g/mol. The standard InChI is InChI=1S/C38H72N4.2CH4O3S/c1-3-5-7-9-21-25-29-39-33-35-41(37-39)31-27-23-19-17-15-13-11-12-14-16-18-20-24-28-32-42-36-34-40(38-42)30-26-22-10-8-6-4-2;2*1-5(2,3)4/h33-38H,3-32H2,1-2H3;2*1H3,(H,2,3,4)/q+2;;/p-2. The summed E-state index contributed by atoms with van der Waals surface area (Å²) >= 11 is 0. The second-order valence-corrected chi connectivity index (χ2v) is 17.5. The number of aryl methyl sites for hydroxylation is 4. The molecule has 0 bridgehead atoms. The molecule has 2 aromatic rings. The Hall–Kier alpha value is -1.76. The lowest BCUT2D eigenvalue weighted by atomic mass is 10.0. The molecule has 10 nitrogen and oxygen atoms in total. The first-order chi connectivity index (χ1) is 24.8. The first kappa shape index (κ1) is 50.2. The smallest absolute Gasteiger partial charge is 0.243 e. The van der Waals surface area contributed by atoms with Gasteiger partial charge < -0.3 is 9.11 Å². The third kappa shape index (κ3) is 41.0. The maximum atomic E-state index is 9.08. The van der Waals surface area contributed by atoms with E-state index in [1.807, 2.05) is 0 Å².